The average molecular weight is 285 g/mol. The van der Waals surface area contributed by atoms with E-state index in [2.05, 4.69) is 30.9 Å². The minimum Gasteiger partial charge on any atom is -0.351 e. The van der Waals surface area contributed by atoms with Crippen LogP contribution >= 0.6 is 15.9 Å². The fourth-order valence-corrected chi connectivity index (χ4v) is 1.44. The molecule has 2 rings (SSSR count). The van der Waals surface area contributed by atoms with Crippen molar-refractivity contribution in [1.82, 2.24) is 5.16 Å². The van der Waals surface area contributed by atoms with Gasteiger partial charge < -0.3 is 9.84 Å². The van der Waals surface area contributed by atoms with Gasteiger partial charge in [0.1, 0.15) is 5.82 Å². The molecule has 0 aliphatic rings. The van der Waals surface area contributed by atoms with Gasteiger partial charge in [0.15, 0.2) is 0 Å². The molecule has 4 nitrogen and oxygen atoms in total. The Morgan fingerprint density at radius 1 is 1.44 bits per heavy atom. The van der Waals surface area contributed by atoms with Crippen LogP contribution in [0.5, 0.6) is 0 Å². The van der Waals surface area contributed by atoms with E-state index in [-0.39, 0.29) is 11.4 Å². The highest BCUT2D eigenvalue weighted by Gasteiger charge is 2.12. The Morgan fingerprint density at radius 3 is 2.88 bits per heavy atom. The zero-order valence-corrected chi connectivity index (χ0v) is 9.49. The Labute approximate surface area is 98.6 Å². The monoisotopic (exact) mass is 284 g/mol. The second-order valence-electron chi connectivity index (χ2n) is 2.95. The van der Waals surface area contributed by atoms with E-state index in [0.717, 1.165) is 0 Å². The Morgan fingerprint density at radius 2 is 2.25 bits per heavy atom. The van der Waals surface area contributed by atoms with Crippen LogP contribution in [0.3, 0.4) is 0 Å². The summed E-state index contributed by atoms with van der Waals surface area (Å²) < 4.78 is 18.6. The fraction of sp³-hybridized carbons (Fsp3) is 0. The highest BCUT2D eigenvalue weighted by Crippen LogP contribution is 2.19. The summed E-state index contributed by atoms with van der Waals surface area (Å²) in [5.41, 5.74) is 0.0876. The summed E-state index contributed by atoms with van der Waals surface area (Å²) in [4.78, 5) is 11.5. The Hall–Kier alpha value is -1.69. The van der Waals surface area contributed by atoms with E-state index in [4.69, 9.17) is 0 Å². The van der Waals surface area contributed by atoms with Crippen LogP contribution in [0.2, 0.25) is 0 Å². The highest BCUT2D eigenvalue weighted by atomic mass is 79.9. The second-order valence-corrected chi connectivity index (χ2v) is 3.87. The standard InChI is InChI=1S/C10H6BrFN2O2/c11-6-1-2-8(7(12)5-6)14-10(15)9-3-4-13-16-9/h1-5H,(H,14,15). The number of halogens is 2. The van der Waals surface area contributed by atoms with Gasteiger partial charge in [-0.1, -0.05) is 21.1 Å². The van der Waals surface area contributed by atoms with Gasteiger partial charge in [-0.3, -0.25) is 4.79 Å². The van der Waals surface area contributed by atoms with E-state index < -0.39 is 11.7 Å². The number of anilines is 1. The number of hydrogen-bond donors (Lipinski definition) is 1. The van der Waals surface area contributed by atoms with Crippen molar-refractivity contribution >= 4 is 27.5 Å². The summed E-state index contributed by atoms with van der Waals surface area (Å²) in [5.74, 6) is -1.04. The highest BCUT2D eigenvalue weighted by molar-refractivity contribution is 9.10. The van der Waals surface area contributed by atoms with E-state index in [9.17, 15) is 9.18 Å². The number of hydrogen-bond acceptors (Lipinski definition) is 3. The lowest BCUT2D eigenvalue weighted by Crippen LogP contribution is -2.12. The molecule has 0 aliphatic heterocycles. The number of aromatic nitrogens is 1. The third-order valence-corrected chi connectivity index (χ3v) is 2.33. The van der Waals surface area contributed by atoms with Crippen LogP contribution in [-0.4, -0.2) is 11.1 Å². The van der Waals surface area contributed by atoms with Crippen molar-refractivity contribution in [2.75, 3.05) is 5.32 Å². The van der Waals surface area contributed by atoms with Crippen LogP contribution in [-0.2, 0) is 0 Å². The van der Waals surface area contributed by atoms with Crippen LogP contribution in [0, 0.1) is 5.82 Å². The molecule has 0 aliphatic carbocycles. The molecule has 0 unspecified atom stereocenters. The quantitative estimate of drug-likeness (QED) is 0.923. The van der Waals surface area contributed by atoms with E-state index >= 15 is 0 Å². The molecule has 0 saturated carbocycles. The molecule has 0 saturated heterocycles. The lowest BCUT2D eigenvalue weighted by atomic mass is 10.3. The van der Waals surface area contributed by atoms with Crippen LogP contribution in [0.4, 0.5) is 10.1 Å². The summed E-state index contributed by atoms with van der Waals surface area (Å²) in [5, 5.41) is 5.76. The van der Waals surface area contributed by atoms with Gasteiger partial charge >= 0.3 is 0 Å². The van der Waals surface area contributed by atoms with Crippen molar-refractivity contribution in [3.05, 3.63) is 46.5 Å². The molecular formula is C10H6BrFN2O2. The molecule has 1 aromatic heterocycles. The molecule has 2 aromatic rings. The van der Waals surface area contributed by atoms with Gasteiger partial charge in [-0.05, 0) is 18.2 Å². The zero-order valence-electron chi connectivity index (χ0n) is 7.91. The van der Waals surface area contributed by atoms with Gasteiger partial charge in [-0.2, -0.15) is 0 Å². The molecule has 6 heteroatoms. The molecule has 1 aromatic carbocycles. The Kier molecular flexibility index (Phi) is 3.00. The van der Waals surface area contributed by atoms with Crippen molar-refractivity contribution in [3.63, 3.8) is 0 Å². The van der Waals surface area contributed by atoms with Gasteiger partial charge in [0, 0.05) is 10.5 Å². The van der Waals surface area contributed by atoms with E-state index in [1.54, 1.807) is 6.07 Å². The molecule has 1 heterocycles. The number of carbonyl (C=O) groups excluding carboxylic acids is 1. The van der Waals surface area contributed by atoms with Crippen LogP contribution < -0.4 is 5.32 Å². The third-order valence-electron chi connectivity index (χ3n) is 1.84. The second kappa shape index (κ2) is 4.44. The molecule has 16 heavy (non-hydrogen) atoms. The van der Waals surface area contributed by atoms with Gasteiger partial charge in [-0.25, -0.2) is 4.39 Å². The molecule has 0 atom stereocenters. The van der Waals surface area contributed by atoms with E-state index in [1.165, 1.54) is 24.4 Å². The number of amides is 1. The molecule has 0 radical (unpaired) electrons. The van der Waals surface area contributed by atoms with Crippen LogP contribution in [0.15, 0.2) is 39.5 Å². The summed E-state index contributed by atoms with van der Waals surface area (Å²) in [6.45, 7) is 0. The largest absolute Gasteiger partial charge is 0.351 e. The minimum absolute atomic E-state index is 0.0299. The topological polar surface area (TPSA) is 55.1 Å². The average Bonchev–Trinajstić information content (AvgIpc) is 2.75. The van der Waals surface area contributed by atoms with Gasteiger partial charge in [0.25, 0.3) is 5.91 Å². The van der Waals surface area contributed by atoms with Gasteiger partial charge in [0.05, 0.1) is 11.9 Å². The third kappa shape index (κ3) is 2.27. The maximum absolute atomic E-state index is 13.4. The summed E-state index contributed by atoms with van der Waals surface area (Å²) in [6, 6.07) is 5.73. The van der Waals surface area contributed by atoms with Crippen LogP contribution in [0.1, 0.15) is 10.6 Å². The van der Waals surface area contributed by atoms with Crippen molar-refractivity contribution in [2.24, 2.45) is 0 Å². The smallest absolute Gasteiger partial charge is 0.294 e. The lowest BCUT2D eigenvalue weighted by molar-refractivity contribution is 0.0987. The first kappa shape index (κ1) is 10.8. The zero-order chi connectivity index (χ0) is 11.5. The first-order chi connectivity index (χ1) is 7.66. The summed E-state index contributed by atoms with van der Waals surface area (Å²) in [6.07, 6.45) is 1.34. The molecule has 0 spiro atoms. The van der Waals surface area contributed by atoms with Gasteiger partial charge in [-0.15, -0.1) is 0 Å². The number of nitrogens with zero attached hydrogens (tertiary/aromatic N) is 1. The Balaban J connectivity index is 2.18. The number of benzene rings is 1. The molecule has 1 amide bonds. The van der Waals surface area contributed by atoms with Crippen molar-refractivity contribution in [3.8, 4) is 0 Å². The molecule has 0 bridgehead atoms. The molecule has 1 N–H and O–H groups in total. The molecular weight excluding hydrogens is 279 g/mol. The normalized spacial score (nSPS) is 10.1. The maximum Gasteiger partial charge on any atom is 0.294 e. The predicted molar refractivity (Wildman–Crippen MR) is 58.6 cm³/mol. The summed E-state index contributed by atoms with van der Waals surface area (Å²) in [7, 11) is 0. The summed E-state index contributed by atoms with van der Waals surface area (Å²) >= 11 is 3.12. The van der Waals surface area contributed by atoms with E-state index in [0.29, 0.717) is 4.47 Å². The minimum atomic E-state index is -0.543. The fourth-order valence-electron chi connectivity index (χ4n) is 1.11. The first-order valence-corrected chi connectivity index (χ1v) is 5.13. The maximum atomic E-state index is 13.4. The van der Waals surface area contributed by atoms with Crippen molar-refractivity contribution in [1.29, 1.82) is 0 Å². The predicted octanol–water partition coefficient (Wildman–Crippen LogP) is 2.83. The number of nitrogens with one attached hydrogen (secondary N) is 1. The van der Waals surface area contributed by atoms with Crippen LogP contribution in [0.25, 0.3) is 0 Å². The number of carbonyl (C=O) groups is 1. The number of rotatable bonds is 2. The van der Waals surface area contributed by atoms with Gasteiger partial charge in [0.2, 0.25) is 5.76 Å². The van der Waals surface area contributed by atoms with E-state index in [1.807, 2.05) is 0 Å². The van der Waals surface area contributed by atoms with Crippen molar-refractivity contribution in [2.45, 2.75) is 0 Å². The SMILES string of the molecule is O=C(Nc1ccc(Br)cc1F)c1ccno1. The molecule has 82 valence electrons. The van der Waals surface area contributed by atoms with Crippen molar-refractivity contribution < 1.29 is 13.7 Å². The Bertz CT molecular complexity index is 514. The lowest BCUT2D eigenvalue weighted by Gasteiger charge is -2.04. The molecule has 0 fully saturated rings. The first-order valence-electron chi connectivity index (χ1n) is 4.34.